The molecule has 1 atom stereocenters. The third kappa shape index (κ3) is 6.58. The smallest absolute Gasteiger partial charge is 0.237 e. The number of hydrogen-bond acceptors (Lipinski definition) is 3. The Balaban J connectivity index is 1.63. The summed E-state index contributed by atoms with van der Waals surface area (Å²) in [6.07, 6.45) is 0.729. The van der Waals surface area contributed by atoms with Crippen molar-refractivity contribution in [2.24, 2.45) is 0 Å². The van der Waals surface area contributed by atoms with Crippen molar-refractivity contribution >= 4 is 52.1 Å². The van der Waals surface area contributed by atoms with Gasteiger partial charge >= 0.3 is 0 Å². The lowest BCUT2D eigenvalue weighted by Gasteiger charge is -2.17. The van der Waals surface area contributed by atoms with Gasteiger partial charge in [-0.1, -0.05) is 42.8 Å². The molecule has 3 aromatic carbocycles. The van der Waals surface area contributed by atoms with Gasteiger partial charge in [0.2, 0.25) is 5.91 Å². The van der Waals surface area contributed by atoms with Gasteiger partial charge in [0.05, 0.1) is 5.25 Å². The van der Waals surface area contributed by atoms with E-state index in [9.17, 15) is 4.79 Å². The van der Waals surface area contributed by atoms with E-state index in [1.165, 1.54) is 5.56 Å². The zero-order chi connectivity index (χ0) is 23.1. The Hall–Kier alpha value is -2.83. The molecule has 0 fully saturated rings. The molecular weight excluding hydrogens is 434 g/mol. The van der Waals surface area contributed by atoms with Crippen LogP contribution in [0.15, 0.2) is 71.6 Å². The van der Waals surface area contributed by atoms with Crippen LogP contribution in [0.25, 0.3) is 0 Å². The number of thioether (sulfide) groups is 1. The molecule has 0 bridgehead atoms. The van der Waals surface area contributed by atoms with Crippen molar-refractivity contribution in [1.82, 2.24) is 0 Å². The highest BCUT2D eigenvalue weighted by atomic mass is 32.2. The van der Waals surface area contributed by atoms with Crippen molar-refractivity contribution in [3.05, 3.63) is 83.4 Å². The molecule has 32 heavy (non-hydrogen) atoms. The van der Waals surface area contributed by atoms with Gasteiger partial charge < -0.3 is 16.0 Å². The molecule has 166 valence electrons. The van der Waals surface area contributed by atoms with Crippen LogP contribution in [-0.2, 0) is 4.79 Å². The molecule has 0 aliphatic heterocycles. The number of nitrogens with one attached hydrogen (secondary N) is 3. The van der Waals surface area contributed by atoms with Crippen molar-refractivity contribution < 1.29 is 4.79 Å². The second-order valence-electron chi connectivity index (χ2n) is 7.72. The largest absolute Gasteiger partial charge is 0.332 e. The van der Waals surface area contributed by atoms with Crippen LogP contribution in [0.5, 0.6) is 0 Å². The number of anilines is 3. The molecule has 0 radical (unpaired) electrons. The highest BCUT2D eigenvalue weighted by molar-refractivity contribution is 8.00. The summed E-state index contributed by atoms with van der Waals surface area (Å²) in [4.78, 5) is 13.9. The van der Waals surface area contributed by atoms with Crippen LogP contribution in [-0.4, -0.2) is 16.3 Å². The third-order valence-corrected chi connectivity index (χ3v) is 6.77. The maximum atomic E-state index is 12.9. The van der Waals surface area contributed by atoms with Gasteiger partial charge in [0.1, 0.15) is 0 Å². The molecule has 4 nitrogen and oxygen atoms in total. The molecule has 1 amide bonds. The number of amides is 1. The number of carbonyl (C=O) groups is 1. The number of carbonyl (C=O) groups excluding carboxylic acids is 1. The Morgan fingerprint density at radius 1 is 0.906 bits per heavy atom. The lowest BCUT2D eigenvalue weighted by molar-refractivity contribution is -0.115. The van der Waals surface area contributed by atoms with Crippen molar-refractivity contribution in [3.63, 3.8) is 0 Å². The second-order valence-corrected chi connectivity index (χ2v) is 9.41. The van der Waals surface area contributed by atoms with Gasteiger partial charge in [0.25, 0.3) is 0 Å². The summed E-state index contributed by atoms with van der Waals surface area (Å²) in [5, 5.41) is 9.85. The molecule has 0 aromatic heterocycles. The normalized spacial score (nSPS) is 11.5. The summed E-state index contributed by atoms with van der Waals surface area (Å²) < 4.78 is 0. The molecule has 0 spiro atoms. The molecule has 1 unspecified atom stereocenters. The van der Waals surface area contributed by atoms with Gasteiger partial charge in [0, 0.05) is 22.0 Å². The number of benzene rings is 3. The molecular formula is C26H29N3OS2. The molecule has 3 aromatic rings. The summed E-state index contributed by atoms with van der Waals surface area (Å²) in [6.45, 7) is 8.16. The first-order chi connectivity index (χ1) is 15.4. The van der Waals surface area contributed by atoms with Crippen LogP contribution < -0.4 is 16.0 Å². The summed E-state index contributed by atoms with van der Waals surface area (Å²) in [6, 6.07) is 22.0. The molecule has 0 aliphatic carbocycles. The van der Waals surface area contributed by atoms with E-state index in [2.05, 4.69) is 22.9 Å². The van der Waals surface area contributed by atoms with E-state index in [1.807, 2.05) is 87.5 Å². The van der Waals surface area contributed by atoms with Crippen LogP contribution in [0, 0.1) is 20.8 Å². The lowest BCUT2D eigenvalue weighted by Crippen LogP contribution is -2.25. The quantitative estimate of drug-likeness (QED) is 0.262. The number of rotatable bonds is 7. The Morgan fingerprint density at radius 3 is 2.31 bits per heavy atom. The van der Waals surface area contributed by atoms with Gasteiger partial charge in [-0.05, 0) is 86.9 Å². The molecule has 6 heteroatoms. The summed E-state index contributed by atoms with van der Waals surface area (Å²) in [5.74, 6) is 0.0149. The van der Waals surface area contributed by atoms with Crippen LogP contribution in [0.3, 0.4) is 0 Å². The predicted molar refractivity (Wildman–Crippen MR) is 142 cm³/mol. The van der Waals surface area contributed by atoms with E-state index in [1.54, 1.807) is 11.8 Å². The van der Waals surface area contributed by atoms with E-state index in [-0.39, 0.29) is 11.2 Å². The fraction of sp³-hybridized carbons (Fsp3) is 0.231. The van der Waals surface area contributed by atoms with Crippen molar-refractivity contribution in [2.45, 2.75) is 44.3 Å². The number of hydrogen-bond donors (Lipinski definition) is 3. The predicted octanol–water partition coefficient (Wildman–Crippen LogP) is 6.93. The average molecular weight is 464 g/mol. The van der Waals surface area contributed by atoms with E-state index in [0.29, 0.717) is 5.11 Å². The van der Waals surface area contributed by atoms with Crippen molar-refractivity contribution in [2.75, 3.05) is 16.0 Å². The maximum Gasteiger partial charge on any atom is 0.237 e. The van der Waals surface area contributed by atoms with Crippen molar-refractivity contribution in [3.8, 4) is 0 Å². The van der Waals surface area contributed by atoms with E-state index in [0.717, 1.165) is 39.5 Å². The zero-order valence-corrected chi connectivity index (χ0v) is 20.5. The Kier molecular flexibility index (Phi) is 8.31. The second kappa shape index (κ2) is 11.2. The van der Waals surface area contributed by atoms with Crippen LogP contribution in [0.4, 0.5) is 17.1 Å². The third-order valence-electron chi connectivity index (χ3n) is 5.21. The van der Waals surface area contributed by atoms with Crippen molar-refractivity contribution in [1.29, 1.82) is 0 Å². The Bertz CT molecular complexity index is 1100. The van der Waals surface area contributed by atoms with Gasteiger partial charge in [-0.2, -0.15) is 0 Å². The minimum absolute atomic E-state index is 0.0149. The Morgan fingerprint density at radius 2 is 1.59 bits per heavy atom. The summed E-state index contributed by atoms with van der Waals surface area (Å²) in [5.41, 5.74) is 6.15. The van der Waals surface area contributed by atoms with E-state index >= 15 is 0 Å². The molecule has 0 saturated carbocycles. The summed E-state index contributed by atoms with van der Waals surface area (Å²) in [7, 11) is 0. The minimum atomic E-state index is -0.192. The van der Waals surface area contributed by atoms with E-state index < -0.39 is 0 Å². The first kappa shape index (κ1) is 23.8. The van der Waals surface area contributed by atoms with Gasteiger partial charge in [-0.3, -0.25) is 4.79 Å². The molecule has 0 heterocycles. The fourth-order valence-electron chi connectivity index (χ4n) is 3.16. The van der Waals surface area contributed by atoms with Crippen LogP contribution >= 0.6 is 24.0 Å². The first-order valence-electron chi connectivity index (χ1n) is 10.6. The van der Waals surface area contributed by atoms with Gasteiger partial charge in [-0.25, -0.2) is 0 Å². The fourth-order valence-corrected chi connectivity index (χ4v) is 4.41. The molecule has 3 N–H and O–H groups in total. The SMILES string of the molecule is CCC(Sc1cccc(NC(=S)Nc2ccc(C)cc2)c1)C(=O)Nc1cccc(C)c1C. The number of aryl methyl sites for hydroxylation is 2. The highest BCUT2D eigenvalue weighted by Crippen LogP contribution is 2.29. The number of thiocarbonyl (C=S) groups is 1. The molecule has 0 saturated heterocycles. The van der Waals surface area contributed by atoms with E-state index in [4.69, 9.17) is 12.2 Å². The van der Waals surface area contributed by atoms with Gasteiger partial charge in [0.15, 0.2) is 5.11 Å². The topological polar surface area (TPSA) is 53.2 Å². The zero-order valence-electron chi connectivity index (χ0n) is 18.9. The monoisotopic (exact) mass is 463 g/mol. The molecule has 0 aliphatic rings. The Labute approximate surface area is 200 Å². The lowest BCUT2D eigenvalue weighted by atomic mass is 10.1. The van der Waals surface area contributed by atoms with Crippen LogP contribution in [0.2, 0.25) is 0 Å². The summed E-state index contributed by atoms with van der Waals surface area (Å²) >= 11 is 7.01. The molecule has 3 rings (SSSR count). The minimum Gasteiger partial charge on any atom is -0.332 e. The standard InChI is InChI=1S/C26H29N3OS2/c1-5-24(25(30)29-23-11-6-8-18(3)19(23)4)32-22-10-7-9-21(16-22)28-26(31)27-20-14-12-17(2)13-15-20/h6-16,24H,5H2,1-4H3,(H,29,30)(H2,27,28,31). The van der Waals surface area contributed by atoms with Crippen LogP contribution in [0.1, 0.15) is 30.0 Å². The van der Waals surface area contributed by atoms with Gasteiger partial charge in [-0.15, -0.1) is 11.8 Å². The maximum absolute atomic E-state index is 12.9. The first-order valence-corrected chi connectivity index (χ1v) is 11.9. The highest BCUT2D eigenvalue weighted by Gasteiger charge is 2.19. The average Bonchev–Trinajstić information content (AvgIpc) is 2.77.